The summed E-state index contributed by atoms with van der Waals surface area (Å²) in [7, 11) is 0. The maximum atomic E-state index is 14.0. The number of anilines is 1. The number of morpholine rings is 1. The molecule has 0 unspecified atom stereocenters. The number of aromatic amines is 1. The Morgan fingerprint density at radius 3 is 2.43 bits per heavy atom. The van der Waals surface area contributed by atoms with Gasteiger partial charge in [0.1, 0.15) is 5.75 Å². The number of ether oxygens (including phenoxy) is 2. The quantitative estimate of drug-likeness (QED) is 0.370. The number of fused-ring (bicyclic) bond motifs is 9. The van der Waals surface area contributed by atoms with Crippen LogP contribution in [-0.2, 0) is 19.1 Å². The third-order valence-electron chi connectivity index (χ3n) is 9.83. The van der Waals surface area contributed by atoms with Gasteiger partial charge in [0.05, 0.1) is 35.8 Å². The third-order valence-corrected chi connectivity index (χ3v) is 13.4. The predicted molar refractivity (Wildman–Crippen MR) is 172 cm³/mol. The predicted octanol–water partition coefficient (Wildman–Crippen LogP) is 4.88. The van der Waals surface area contributed by atoms with E-state index >= 15 is 0 Å². The van der Waals surface area contributed by atoms with Gasteiger partial charge in [0.2, 0.25) is 11.8 Å². The summed E-state index contributed by atoms with van der Waals surface area (Å²) in [6.07, 6.45) is 0.790. The lowest BCUT2D eigenvalue weighted by Crippen LogP contribution is -2.43. The Morgan fingerprint density at radius 2 is 1.68 bits per heavy atom. The van der Waals surface area contributed by atoms with Crippen LogP contribution in [-0.4, -0.2) is 65.8 Å². The fourth-order valence-corrected chi connectivity index (χ4v) is 11.7. The Morgan fingerprint density at radius 1 is 0.977 bits per heavy atom. The second kappa shape index (κ2) is 11.1. The molecule has 7 atom stereocenters. The van der Waals surface area contributed by atoms with Crippen molar-refractivity contribution in [2.75, 3.05) is 37.8 Å². The van der Waals surface area contributed by atoms with Gasteiger partial charge in [0, 0.05) is 43.6 Å². The first-order valence-electron chi connectivity index (χ1n) is 14.6. The summed E-state index contributed by atoms with van der Waals surface area (Å²) in [6.45, 7) is 1.99. The molecule has 0 spiro atoms. The molecule has 228 valence electrons. The Kier molecular flexibility index (Phi) is 7.32. The van der Waals surface area contributed by atoms with Gasteiger partial charge in [-0.2, -0.15) is 0 Å². The maximum Gasteiger partial charge on any atom is 0.305 e. The number of thioether (sulfide) groups is 1. The van der Waals surface area contributed by atoms with Crippen LogP contribution in [0, 0.1) is 29.6 Å². The Hall–Kier alpha value is -2.45. The molecular formula is C31H27Br2N3O6S2. The van der Waals surface area contributed by atoms with Gasteiger partial charge in [0.15, 0.2) is 6.61 Å². The van der Waals surface area contributed by atoms with E-state index in [4.69, 9.17) is 9.47 Å². The Balaban J connectivity index is 1.16. The van der Waals surface area contributed by atoms with Crippen LogP contribution in [0.4, 0.5) is 5.69 Å². The number of nitrogens with one attached hydrogen (secondary N) is 1. The minimum absolute atomic E-state index is 0.00960. The van der Waals surface area contributed by atoms with Crippen LogP contribution in [0.15, 0.2) is 61.2 Å². The number of benzene rings is 2. The fraction of sp³-hybridized carbons (Fsp3) is 0.419. The molecule has 2 bridgehead atoms. The van der Waals surface area contributed by atoms with Crippen molar-refractivity contribution in [1.82, 2.24) is 9.88 Å². The highest BCUT2D eigenvalue weighted by Crippen LogP contribution is 2.69. The van der Waals surface area contributed by atoms with Gasteiger partial charge in [-0.25, -0.2) is 0 Å². The van der Waals surface area contributed by atoms with Gasteiger partial charge in [-0.05, 0) is 66.6 Å². The maximum absolute atomic E-state index is 14.0. The summed E-state index contributed by atoms with van der Waals surface area (Å²) < 4.78 is 13.4. The molecule has 4 fully saturated rings. The van der Waals surface area contributed by atoms with Crippen molar-refractivity contribution >= 4 is 78.4 Å². The summed E-state index contributed by atoms with van der Waals surface area (Å²) in [5.74, 6) is -0.787. The highest BCUT2D eigenvalue weighted by molar-refractivity contribution is 9.10. The fourth-order valence-electron chi connectivity index (χ4n) is 8.15. The van der Waals surface area contributed by atoms with E-state index in [1.165, 1.54) is 16.2 Å². The Labute approximate surface area is 277 Å². The number of hydrogen-bond donors (Lipinski definition) is 1. The lowest BCUT2D eigenvalue weighted by atomic mass is 9.68. The summed E-state index contributed by atoms with van der Waals surface area (Å²) >= 11 is 9.93. The molecule has 1 aromatic heterocycles. The monoisotopic (exact) mass is 759 g/mol. The number of hydrogen-bond acceptors (Lipinski definition) is 8. The van der Waals surface area contributed by atoms with E-state index < -0.39 is 5.92 Å². The van der Waals surface area contributed by atoms with E-state index in [0.29, 0.717) is 37.7 Å². The number of imide groups is 1. The van der Waals surface area contributed by atoms with Crippen molar-refractivity contribution in [3.63, 3.8) is 0 Å². The van der Waals surface area contributed by atoms with E-state index in [9.17, 15) is 19.2 Å². The van der Waals surface area contributed by atoms with E-state index in [1.54, 1.807) is 28.8 Å². The molecule has 1 N–H and O–H groups in total. The lowest BCUT2D eigenvalue weighted by Gasteiger charge is -2.43. The van der Waals surface area contributed by atoms with Gasteiger partial charge in [-0.15, -0.1) is 11.8 Å². The molecule has 5 aliphatic rings. The summed E-state index contributed by atoms with van der Waals surface area (Å²) in [5.41, 5.74) is 1.48. The zero-order valence-corrected chi connectivity index (χ0v) is 28.0. The normalized spacial score (nSPS) is 30.4. The average Bonchev–Trinajstić information content (AvgIpc) is 3.76. The van der Waals surface area contributed by atoms with Gasteiger partial charge in [-0.1, -0.05) is 43.2 Å². The first-order chi connectivity index (χ1) is 21.3. The highest BCUT2D eigenvalue weighted by atomic mass is 79.9. The van der Waals surface area contributed by atoms with E-state index in [2.05, 4.69) is 36.8 Å². The van der Waals surface area contributed by atoms with Crippen molar-refractivity contribution in [2.24, 2.45) is 29.6 Å². The SMILES string of the molecule is O=C(COc1ccc(Br)cc1[C@@H]1c2sc(=O)[nH]c2S[C@@H]2[C@@H]3C[C@@H]([C@@H]4C(=O)N(c5ccc(Br)cc5)C(=O)[C@@H]34)[C@H]12)N1CCOCC1. The van der Waals surface area contributed by atoms with Crippen LogP contribution in [0.2, 0.25) is 0 Å². The molecule has 3 aromatic rings. The molecule has 0 radical (unpaired) electrons. The highest BCUT2D eigenvalue weighted by Gasteiger charge is 2.69. The second-order valence-corrected chi connectivity index (χ2v) is 15.9. The van der Waals surface area contributed by atoms with E-state index in [-0.39, 0.29) is 64.0 Å². The Bertz CT molecular complexity index is 1740. The van der Waals surface area contributed by atoms with Crippen LogP contribution >= 0.6 is 55.0 Å². The number of carbonyl (C=O) groups is 3. The summed E-state index contributed by atoms with van der Waals surface area (Å²) in [6, 6.07) is 13.1. The number of amides is 3. The van der Waals surface area contributed by atoms with Crippen molar-refractivity contribution < 1.29 is 23.9 Å². The molecule has 2 saturated heterocycles. The first kappa shape index (κ1) is 29.0. The number of nitrogens with zero attached hydrogens (tertiary/aromatic N) is 2. The number of H-pyrrole nitrogens is 1. The number of rotatable bonds is 5. The van der Waals surface area contributed by atoms with Crippen LogP contribution in [0.1, 0.15) is 22.8 Å². The van der Waals surface area contributed by atoms with Crippen LogP contribution < -0.4 is 14.5 Å². The zero-order valence-electron chi connectivity index (χ0n) is 23.2. The number of aromatic nitrogens is 1. The molecule has 2 aliphatic carbocycles. The van der Waals surface area contributed by atoms with Crippen LogP contribution in [0.25, 0.3) is 0 Å². The number of halogens is 2. The zero-order chi connectivity index (χ0) is 30.3. The van der Waals surface area contributed by atoms with Gasteiger partial charge in [0.25, 0.3) is 5.91 Å². The molecule has 44 heavy (non-hydrogen) atoms. The molecular weight excluding hydrogens is 734 g/mol. The minimum Gasteiger partial charge on any atom is -0.483 e. The lowest BCUT2D eigenvalue weighted by molar-refractivity contribution is -0.137. The first-order valence-corrected chi connectivity index (χ1v) is 17.9. The second-order valence-electron chi connectivity index (χ2n) is 11.9. The smallest absolute Gasteiger partial charge is 0.305 e. The van der Waals surface area contributed by atoms with Gasteiger partial charge in [-0.3, -0.25) is 24.1 Å². The third kappa shape index (κ3) is 4.56. The molecule has 13 heteroatoms. The molecule has 8 rings (SSSR count). The largest absolute Gasteiger partial charge is 0.483 e. The molecule has 3 aliphatic heterocycles. The van der Waals surface area contributed by atoms with E-state index in [1.807, 2.05) is 30.3 Å². The molecule has 2 saturated carbocycles. The molecule has 4 heterocycles. The molecule has 3 amide bonds. The van der Waals surface area contributed by atoms with Crippen LogP contribution in [0.3, 0.4) is 0 Å². The number of thiazole rings is 1. The molecule has 9 nitrogen and oxygen atoms in total. The minimum atomic E-state index is -0.405. The van der Waals surface area contributed by atoms with Gasteiger partial charge >= 0.3 is 4.87 Å². The van der Waals surface area contributed by atoms with Crippen molar-refractivity contribution in [3.05, 3.63) is 71.5 Å². The van der Waals surface area contributed by atoms with Crippen molar-refractivity contribution in [2.45, 2.75) is 22.6 Å². The summed E-state index contributed by atoms with van der Waals surface area (Å²) in [5, 5.41) is 0.875. The standard InChI is InChI=1S/C31H27Br2N3O6S2/c32-14-1-4-16(5-2-14)36-29(38)24-18-12-19(25(24)30(36)39)26-23(18)22(27-28(43-26)34-31(40)44-27)17-11-15(33)3-6-20(17)42-13-21(37)35-7-9-41-10-8-35/h1-6,11,18-19,22-26H,7-10,12-13H2,(H,34,40)/t18-,19-,22+,23-,24+,25+,26-/m1/s1. The topological polar surface area (TPSA) is 109 Å². The summed E-state index contributed by atoms with van der Waals surface area (Å²) in [4.78, 5) is 60.6. The van der Waals surface area contributed by atoms with Crippen molar-refractivity contribution in [1.29, 1.82) is 0 Å². The molecule has 2 aromatic carbocycles. The van der Waals surface area contributed by atoms with Crippen molar-refractivity contribution in [3.8, 4) is 5.75 Å². The van der Waals surface area contributed by atoms with Gasteiger partial charge < -0.3 is 19.4 Å². The van der Waals surface area contributed by atoms with Crippen LogP contribution in [0.5, 0.6) is 5.75 Å². The average molecular weight is 762 g/mol. The van der Waals surface area contributed by atoms with E-state index in [0.717, 1.165) is 30.8 Å². The number of carbonyl (C=O) groups excluding carboxylic acids is 3.